The Morgan fingerprint density at radius 3 is 2.89 bits per heavy atom. The summed E-state index contributed by atoms with van der Waals surface area (Å²) in [7, 11) is 0. The number of aromatic amines is 1. The lowest BCUT2D eigenvalue weighted by Gasteiger charge is -2.52. The van der Waals surface area contributed by atoms with Crippen LogP contribution in [0.4, 0.5) is 0 Å². The van der Waals surface area contributed by atoms with Crippen LogP contribution in [0.3, 0.4) is 0 Å². The van der Waals surface area contributed by atoms with Crippen molar-refractivity contribution in [1.29, 1.82) is 0 Å². The van der Waals surface area contributed by atoms with Crippen LogP contribution in [0, 0.1) is 12.3 Å². The van der Waals surface area contributed by atoms with E-state index in [1.807, 2.05) is 49.4 Å². The minimum Gasteiger partial charge on any atom is -0.462 e. The summed E-state index contributed by atoms with van der Waals surface area (Å²) in [6, 6.07) is 13.7. The summed E-state index contributed by atoms with van der Waals surface area (Å²) in [5.41, 5.74) is 6.19. The number of H-pyrrole nitrogens is 1. The summed E-state index contributed by atoms with van der Waals surface area (Å²) in [5.74, 6) is -0.328. The smallest absolute Gasteiger partial charge is 0.339 e. The Hall–Kier alpha value is -3.62. The standard InChI is InChI=1S/C30H34N6O2/c1-21-6-4-7-26(35-21)28-27(33-20-34-28)22-8-9-25-23(14-22)15-24(16-32-25)29(37)38-13-3-2-12-36-18-30(19-36)10-5-11-31-17-30/h4,6-9,14-16,20,31H,2-3,5,10-13,17-19H2,1H3,(H,33,34). The van der Waals surface area contributed by atoms with E-state index < -0.39 is 0 Å². The summed E-state index contributed by atoms with van der Waals surface area (Å²) in [5, 5.41) is 4.41. The van der Waals surface area contributed by atoms with Crippen molar-refractivity contribution in [3.63, 3.8) is 0 Å². The number of carbonyl (C=O) groups is 1. The van der Waals surface area contributed by atoms with Gasteiger partial charge in [0.25, 0.3) is 0 Å². The molecule has 0 amide bonds. The third kappa shape index (κ3) is 5.19. The molecule has 0 saturated carbocycles. The number of aromatic nitrogens is 4. The van der Waals surface area contributed by atoms with Crippen LogP contribution in [0.15, 0.2) is 55.0 Å². The maximum Gasteiger partial charge on any atom is 0.339 e. The number of benzene rings is 1. The lowest BCUT2D eigenvalue weighted by molar-refractivity contribution is -0.0187. The summed E-state index contributed by atoms with van der Waals surface area (Å²) >= 11 is 0. The second-order valence-electron chi connectivity index (χ2n) is 10.8. The summed E-state index contributed by atoms with van der Waals surface area (Å²) in [6.07, 6.45) is 7.83. The van der Waals surface area contributed by atoms with Gasteiger partial charge < -0.3 is 19.9 Å². The first-order valence-electron chi connectivity index (χ1n) is 13.6. The molecule has 1 aromatic carbocycles. The molecule has 196 valence electrons. The average molecular weight is 511 g/mol. The number of carbonyl (C=O) groups excluding carboxylic acids is 1. The molecule has 0 unspecified atom stereocenters. The Labute approximate surface area is 222 Å². The highest BCUT2D eigenvalue weighted by Crippen LogP contribution is 2.36. The van der Waals surface area contributed by atoms with Crippen molar-refractivity contribution >= 4 is 16.9 Å². The van der Waals surface area contributed by atoms with E-state index in [9.17, 15) is 4.79 Å². The molecule has 3 aromatic heterocycles. The summed E-state index contributed by atoms with van der Waals surface area (Å²) in [6.45, 7) is 8.20. The summed E-state index contributed by atoms with van der Waals surface area (Å²) < 4.78 is 5.58. The fourth-order valence-corrected chi connectivity index (χ4v) is 5.83. The third-order valence-electron chi connectivity index (χ3n) is 7.75. The number of fused-ring (bicyclic) bond motifs is 1. The lowest BCUT2D eigenvalue weighted by atomic mass is 9.74. The van der Waals surface area contributed by atoms with Crippen molar-refractivity contribution in [3.8, 4) is 22.6 Å². The number of hydrogen-bond donors (Lipinski definition) is 2. The molecule has 2 saturated heterocycles. The van der Waals surface area contributed by atoms with Crippen LogP contribution in [0.5, 0.6) is 0 Å². The largest absolute Gasteiger partial charge is 0.462 e. The highest BCUT2D eigenvalue weighted by Gasteiger charge is 2.42. The highest BCUT2D eigenvalue weighted by molar-refractivity contribution is 5.95. The molecule has 38 heavy (non-hydrogen) atoms. The number of nitrogens with one attached hydrogen (secondary N) is 2. The van der Waals surface area contributed by atoms with Gasteiger partial charge in [-0.1, -0.05) is 12.1 Å². The molecule has 2 fully saturated rings. The zero-order valence-electron chi connectivity index (χ0n) is 21.9. The topological polar surface area (TPSA) is 96.0 Å². The van der Waals surface area contributed by atoms with Crippen molar-refractivity contribution in [2.45, 2.75) is 32.6 Å². The first-order valence-corrected chi connectivity index (χ1v) is 13.6. The lowest BCUT2D eigenvalue weighted by Crippen LogP contribution is -2.62. The molecule has 0 aliphatic carbocycles. The Morgan fingerprint density at radius 2 is 2.05 bits per heavy atom. The predicted octanol–water partition coefficient (Wildman–Crippen LogP) is 4.62. The van der Waals surface area contributed by atoms with Gasteiger partial charge in [-0.3, -0.25) is 9.97 Å². The third-order valence-corrected chi connectivity index (χ3v) is 7.75. The number of likely N-dealkylation sites (tertiary alicyclic amines) is 1. The van der Waals surface area contributed by atoms with Crippen molar-refractivity contribution in [2.75, 3.05) is 39.3 Å². The number of pyridine rings is 2. The average Bonchev–Trinajstić information content (AvgIpc) is 3.42. The number of ether oxygens (including phenoxy) is 1. The molecular formula is C30H34N6O2. The quantitative estimate of drug-likeness (QED) is 0.264. The van der Waals surface area contributed by atoms with E-state index in [2.05, 4.69) is 30.2 Å². The summed E-state index contributed by atoms with van der Waals surface area (Å²) in [4.78, 5) is 32.2. The van der Waals surface area contributed by atoms with Gasteiger partial charge in [0.15, 0.2) is 0 Å². The van der Waals surface area contributed by atoms with E-state index in [1.54, 1.807) is 12.5 Å². The van der Waals surface area contributed by atoms with Gasteiger partial charge in [0.05, 0.1) is 41.1 Å². The second kappa shape index (κ2) is 10.6. The van der Waals surface area contributed by atoms with Gasteiger partial charge in [0, 0.05) is 47.9 Å². The molecular weight excluding hydrogens is 476 g/mol. The van der Waals surface area contributed by atoms with E-state index in [0.29, 0.717) is 17.6 Å². The fourth-order valence-electron chi connectivity index (χ4n) is 5.83. The first-order chi connectivity index (χ1) is 18.6. The number of rotatable bonds is 8. The van der Waals surface area contributed by atoms with Crippen molar-refractivity contribution in [3.05, 3.63) is 66.2 Å². The van der Waals surface area contributed by atoms with Gasteiger partial charge in [-0.15, -0.1) is 0 Å². The van der Waals surface area contributed by atoms with E-state index in [-0.39, 0.29) is 5.97 Å². The number of piperidine rings is 1. The minimum atomic E-state index is -0.328. The van der Waals surface area contributed by atoms with Crippen molar-refractivity contribution < 1.29 is 9.53 Å². The second-order valence-corrected chi connectivity index (χ2v) is 10.8. The molecule has 2 aliphatic heterocycles. The number of hydrogen-bond acceptors (Lipinski definition) is 7. The molecule has 0 atom stereocenters. The van der Waals surface area contributed by atoms with Crippen LogP contribution in [-0.2, 0) is 4.74 Å². The number of imidazole rings is 1. The monoisotopic (exact) mass is 510 g/mol. The zero-order valence-corrected chi connectivity index (χ0v) is 21.9. The van der Waals surface area contributed by atoms with Crippen molar-refractivity contribution in [1.82, 2.24) is 30.2 Å². The molecule has 2 N–H and O–H groups in total. The van der Waals surface area contributed by atoms with Gasteiger partial charge in [-0.25, -0.2) is 9.78 Å². The van der Waals surface area contributed by atoms with E-state index in [1.165, 1.54) is 25.9 Å². The molecule has 6 rings (SSSR count). The van der Waals surface area contributed by atoms with E-state index in [4.69, 9.17) is 4.74 Å². The highest BCUT2D eigenvalue weighted by atomic mass is 16.5. The molecule has 0 radical (unpaired) electrons. The molecule has 4 aromatic rings. The van der Waals surface area contributed by atoms with Crippen molar-refractivity contribution in [2.24, 2.45) is 5.41 Å². The van der Waals surface area contributed by atoms with E-state index in [0.717, 1.165) is 71.7 Å². The zero-order chi connectivity index (χ0) is 26.0. The van der Waals surface area contributed by atoms with Crippen LogP contribution >= 0.6 is 0 Å². The number of unbranched alkanes of at least 4 members (excludes halogenated alkanes) is 1. The Balaban J connectivity index is 1.05. The molecule has 8 nitrogen and oxygen atoms in total. The normalized spacial score (nSPS) is 17.0. The number of aryl methyl sites for hydroxylation is 1. The molecule has 8 heteroatoms. The molecule has 1 spiro atoms. The van der Waals surface area contributed by atoms with Crippen LogP contribution in [-0.4, -0.2) is 70.1 Å². The maximum absolute atomic E-state index is 12.7. The maximum atomic E-state index is 12.7. The molecule has 0 bridgehead atoms. The Kier molecular flexibility index (Phi) is 6.91. The van der Waals surface area contributed by atoms with Crippen LogP contribution in [0.1, 0.15) is 41.7 Å². The predicted molar refractivity (Wildman–Crippen MR) is 148 cm³/mol. The number of nitrogens with zero attached hydrogens (tertiary/aromatic N) is 4. The molecule has 2 aliphatic rings. The Bertz CT molecular complexity index is 1430. The van der Waals surface area contributed by atoms with Gasteiger partial charge >= 0.3 is 5.97 Å². The van der Waals surface area contributed by atoms with Crippen LogP contribution in [0.25, 0.3) is 33.5 Å². The van der Waals surface area contributed by atoms with Gasteiger partial charge in [0.2, 0.25) is 0 Å². The van der Waals surface area contributed by atoms with Crippen LogP contribution < -0.4 is 5.32 Å². The first kappa shape index (κ1) is 24.7. The van der Waals surface area contributed by atoms with Gasteiger partial charge in [-0.05, 0) is 76.0 Å². The van der Waals surface area contributed by atoms with Crippen LogP contribution in [0.2, 0.25) is 0 Å². The van der Waals surface area contributed by atoms with Gasteiger partial charge in [0.1, 0.15) is 0 Å². The fraction of sp³-hybridized carbons (Fsp3) is 0.400. The number of esters is 1. The Morgan fingerprint density at radius 1 is 1.13 bits per heavy atom. The van der Waals surface area contributed by atoms with E-state index >= 15 is 0 Å². The minimum absolute atomic E-state index is 0.328. The van der Waals surface area contributed by atoms with Gasteiger partial charge in [-0.2, -0.15) is 0 Å². The molecule has 5 heterocycles. The SMILES string of the molecule is Cc1cccc(-c2[nH]cnc2-c2ccc3ncc(C(=O)OCCCCN4CC5(CCCNC5)C4)cc3c2)n1.